The van der Waals surface area contributed by atoms with Crippen LogP contribution in [0.1, 0.15) is 10.5 Å². The molecule has 0 saturated heterocycles. The highest BCUT2D eigenvalue weighted by molar-refractivity contribution is 7.16. The predicted octanol–water partition coefficient (Wildman–Crippen LogP) is 5.05. The number of amides is 1. The Balaban J connectivity index is 1.26. The number of rotatable bonds is 5. The molecule has 140 valence electrons. The minimum atomic E-state index is -0.290. The molecule has 1 aromatic carbocycles. The fourth-order valence-corrected chi connectivity index (χ4v) is 4.74. The summed E-state index contributed by atoms with van der Waals surface area (Å²) in [6.45, 7) is 0.227. The maximum atomic E-state index is 12.5. The van der Waals surface area contributed by atoms with Crippen molar-refractivity contribution < 1.29 is 14.3 Å². The van der Waals surface area contributed by atoms with Crippen LogP contribution in [0.3, 0.4) is 0 Å². The van der Waals surface area contributed by atoms with Crippen molar-refractivity contribution in [3.05, 3.63) is 52.2 Å². The van der Waals surface area contributed by atoms with E-state index >= 15 is 0 Å². The van der Waals surface area contributed by atoms with Crippen LogP contribution in [0.25, 0.3) is 10.6 Å². The van der Waals surface area contributed by atoms with Gasteiger partial charge in [0.05, 0.1) is 10.6 Å². The summed E-state index contributed by atoms with van der Waals surface area (Å²) < 4.78 is 10.7. The molecule has 0 spiro atoms. The summed E-state index contributed by atoms with van der Waals surface area (Å²) in [6.07, 6.45) is 0. The largest absolute Gasteiger partial charge is 0.454 e. The Bertz CT molecular complexity index is 1140. The zero-order valence-electron chi connectivity index (χ0n) is 14.2. The van der Waals surface area contributed by atoms with E-state index in [0.29, 0.717) is 21.7 Å². The molecule has 2 N–H and O–H groups in total. The molecular formula is C18H12N4O3S3. The fraction of sp³-hybridized carbons (Fsp3) is 0.0556. The number of nitrogens with one attached hydrogen (secondary N) is 2. The van der Waals surface area contributed by atoms with Crippen molar-refractivity contribution in [2.45, 2.75) is 0 Å². The quantitative estimate of drug-likeness (QED) is 0.463. The lowest BCUT2D eigenvalue weighted by molar-refractivity contribution is 0.102. The number of thiophene rings is 1. The summed E-state index contributed by atoms with van der Waals surface area (Å²) in [5.41, 5.74) is 2.01. The lowest BCUT2D eigenvalue weighted by Gasteiger charge is -2.03. The van der Waals surface area contributed by atoms with Crippen molar-refractivity contribution in [3.63, 3.8) is 0 Å². The zero-order chi connectivity index (χ0) is 18.9. The van der Waals surface area contributed by atoms with Gasteiger partial charge >= 0.3 is 0 Å². The normalized spacial score (nSPS) is 12.1. The molecule has 0 atom stereocenters. The molecular weight excluding hydrogens is 416 g/mol. The molecule has 1 aliphatic rings. The Morgan fingerprint density at radius 3 is 2.79 bits per heavy atom. The number of carbonyl (C=O) groups excluding carboxylic acids is 1. The van der Waals surface area contributed by atoms with Gasteiger partial charge in [-0.05, 0) is 23.6 Å². The Morgan fingerprint density at radius 1 is 1.00 bits per heavy atom. The maximum Gasteiger partial charge on any atom is 0.276 e. The number of hydrogen-bond donors (Lipinski definition) is 2. The highest BCUT2D eigenvalue weighted by Crippen LogP contribution is 2.35. The van der Waals surface area contributed by atoms with Crippen molar-refractivity contribution in [1.29, 1.82) is 0 Å². The van der Waals surface area contributed by atoms with E-state index in [4.69, 9.17) is 9.47 Å². The third-order valence-electron chi connectivity index (χ3n) is 3.86. The van der Waals surface area contributed by atoms with Crippen molar-refractivity contribution in [1.82, 2.24) is 9.97 Å². The van der Waals surface area contributed by atoms with Gasteiger partial charge in [-0.1, -0.05) is 6.07 Å². The van der Waals surface area contributed by atoms with Gasteiger partial charge in [-0.2, -0.15) is 0 Å². The van der Waals surface area contributed by atoms with Crippen LogP contribution in [-0.4, -0.2) is 22.7 Å². The molecule has 4 aromatic rings. The van der Waals surface area contributed by atoms with E-state index in [-0.39, 0.29) is 12.7 Å². The van der Waals surface area contributed by atoms with Crippen LogP contribution < -0.4 is 20.1 Å². The average Bonchev–Trinajstić information content (AvgIpc) is 3.47. The van der Waals surface area contributed by atoms with E-state index < -0.39 is 0 Å². The van der Waals surface area contributed by atoms with E-state index in [1.165, 1.54) is 22.7 Å². The zero-order valence-corrected chi connectivity index (χ0v) is 16.6. The smallest absolute Gasteiger partial charge is 0.276 e. The lowest BCUT2D eigenvalue weighted by Crippen LogP contribution is -2.12. The predicted molar refractivity (Wildman–Crippen MR) is 111 cm³/mol. The van der Waals surface area contributed by atoms with Crippen LogP contribution in [0.5, 0.6) is 11.5 Å². The topological polar surface area (TPSA) is 85.4 Å². The number of hydrogen-bond acceptors (Lipinski definition) is 9. The molecule has 1 aliphatic heterocycles. The maximum absolute atomic E-state index is 12.5. The van der Waals surface area contributed by atoms with Gasteiger partial charge in [0.25, 0.3) is 5.91 Å². The number of aromatic nitrogens is 2. The Hall–Kier alpha value is -2.95. The van der Waals surface area contributed by atoms with Gasteiger partial charge in [0.1, 0.15) is 5.69 Å². The summed E-state index contributed by atoms with van der Waals surface area (Å²) >= 11 is 4.35. The molecule has 4 heterocycles. The van der Waals surface area contributed by atoms with Crippen LogP contribution >= 0.6 is 34.0 Å². The second-order valence-electron chi connectivity index (χ2n) is 5.70. The van der Waals surface area contributed by atoms with Crippen LogP contribution in [0.15, 0.2) is 46.5 Å². The molecule has 3 aromatic heterocycles. The van der Waals surface area contributed by atoms with Crippen molar-refractivity contribution in [2.75, 3.05) is 17.4 Å². The van der Waals surface area contributed by atoms with Gasteiger partial charge in [0.2, 0.25) is 6.79 Å². The minimum Gasteiger partial charge on any atom is -0.454 e. The van der Waals surface area contributed by atoms with Gasteiger partial charge in [-0.25, -0.2) is 9.97 Å². The van der Waals surface area contributed by atoms with E-state index in [2.05, 4.69) is 20.6 Å². The summed E-state index contributed by atoms with van der Waals surface area (Å²) in [5.74, 6) is 1.11. The van der Waals surface area contributed by atoms with Crippen LogP contribution in [0.2, 0.25) is 0 Å². The standard InChI is InChI=1S/C18H12N4O3S3/c23-16(22-18-20-11(7-27-18)15-2-1-5-26-15)12-8-28-17(21-12)19-10-3-4-13-14(6-10)25-9-24-13/h1-8H,9H2,(H,19,21)(H,20,22,23). The second-order valence-corrected chi connectivity index (χ2v) is 8.36. The molecule has 0 fully saturated rings. The highest BCUT2D eigenvalue weighted by atomic mass is 32.1. The SMILES string of the molecule is O=C(Nc1nc(-c2cccs2)cs1)c1csc(Nc2ccc3c(c2)OCO3)n1. The number of thiazole rings is 2. The molecule has 10 heteroatoms. The Kier molecular flexibility index (Phi) is 4.43. The van der Waals surface area contributed by atoms with Crippen LogP contribution in [0, 0.1) is 0 Å². The molecule has 0 saturated carbocycles. The second kappa shape index (κ2) is 7.23. The molecule has 1 amide bonds. The van der Waals surface area contributed by atoms with Crippen molar-refractivity contribution in [3.8, 4) is 22.1 Å². The van der Waals surface area contributed by atoms with E-state index in [9.17, 15) is 4.79 Å². The number of benzene rings is 1. The lowest BCUT2D eigenvalue weighted by atomic mass is 10.3. The Labute approximate surface area is 171 Å². The Morgan fingerprint density at radius 2 is 1.89 bits per heavy atom. The summed E-state index contributed by atoms with van der Waals surface area (Å²) in [4.78, 5) is 22.3. The molecule has 0 unspecified atom stereocenters. The molecule has 28 heavy (non-hydrogen) atoms. The van der Waals surface area contributed by atoms with Gasteiger partial charge in [0, 0.05) is 22.5 Å². The van der Waals surface area contributed by atoms with Crippen molar-refractivity contribution >= 4 is 55.9 Å². The number of anilines is 3. The average molecular weight is 429 g/mol. The third-order valence-corrected chi connectivity index (χ3v) is 6.27. The van der Waals surface area contributed by atoms with Gasteiger partial charge in [0.15, 0.2) is 21.8 Å². The van der Waals surface area contributed by atoms with E-state index in [0.717, 1.165) is 22.0 Å². The van der Waals surface area contributed by atoms with Crippen LogP contribution in [-0.2, 0) is 0 Å². The molecule has 0 bridgehead atoms. The number of fused-ring (bicyclic) bond motifs is 1. The first-order chi connectivity index (χ1) is 13.7. The molecule has 7 nitrogen and oxygen atoms in total. The van der Waals surface area contributed by atoms with Crippen molar-refractivity contribution in [2.24, 2.45) is 0 Å². The molecule has 0 radical (unpaired) electrons. The van der Waals surface area contributed by atoms with Gasteiger partial charge in [-0.3, -0.25) is 10.1 Å². The molecule has 5 rings (SSSR count). The summed E-state index contributed by atoms with van der Waals surface area (Å²) in [6, 6.07) is 9.52. The number of carbonyl (C=O) groups is 1. The third kappa shape index (κ3) is 3.44. The minimum absolute atomic E-state index is 0.227. The summed E-state index contributed by atoms with van der Waals surface area (Å²) in [7, 11) is 0. The van der Waals surface area contributed by atoms with E-state index in [1.54, 1.807) is 16.7 Å². The fourth-order valence-electron chi connectivity index (χ4n) is 2.56. The number of nitrogens with zero attached hydrogens (tertiary/aromatic N) is 2. The van der Waals surface area contributed by atoms with Gasteiger partial charge in [-0.15, -0.1) is 34.0 Å². The first kappa shape index (κ1) is 17.2. The first-order valence-corrected chi connectivity index (χ1v) is 10.8. The molecule has 0 aliphatic carbocycles. The van der Waals surface area contributed by atoms with E-state index in [1.807, 2.05) is 41.1 Å². The summed E-state index contributed by atoms with van der Waals surface area (Å²) in [5, 5.41) is 12.8. The van der Waals surface area contributed by atoms with Gasteiger partial charge < -0.3 is 14.8 Å². The highest BCUT2D eigenvalue weighted by Gasteiger charge is 2.16. The van der Waals surface area contributed by atoms with Crippen LogP contribution in [0.4, 0.5) is 16.0 Å². The number of ether oxygens (including phenoxy) is 2. The monoisotopic (exact) mass is 428 g/mol. The first-order valence-electron chi connectivity index (χ1n) is 8.17.